The summed E-state index contributed by atoms with van der Waals surface area (Å²) in [5.74, 6) is 0. The molecule has 2 heterocycles. The molecule has 0 radical (unpaired) electrons. The van der Waals surface area contributed by atoms with Gasteiger partial charge in [0.05, 0.1) is 0 Å². The van der Waals surface area contributed by atoms with E-state index in [-0.39, 0.29) is 17.1 Å². The lowest BCUT2D eigenvalue weighted by atomic mass is 9.98. The number of hydrogen-bond acceptors (Lipinski definition) is 3. The molecular formula is C18H36N4O. The Morgan fingerprint density at radius 3 is 1.65 bits per heavy atom. The number of hydrogen-bond donors (Lipinski definition) is 1. The van der Waals surface area contributed by atoms with Crippen molar-refractivity contribution in [2.75, 3.05) is 39.3 Å². The Hall–Kier alpha value is -0.810. The summed E-state index contributed by atoms with van der Waals surface area (Å²) in [6, 6.07) is 0.467. The van der Waals surface area contributed by atoms with E-state index in [9.17, 15) is 4.79 Å². The second-order valence-corrected chi connectivity index (χ2v) is 9.03. The largest absolute Gasteiger partial charge is 0.335 e. The summed E-state index contributed by atoms with van der Waals surface area (Å²) in [5, 5.41) is 3.26. The Balaban J connectivity index is 1.74. The molecule has 1 N–H and O–H groups in total. The van der Waals surface area contributed by atoms with Gasteiger partial charge in [0.25, 0.3) is 0 Å². The summed E-state index contributed by atoms with van der Waals surface area (Å²) in [6.45, 7) is 19.3. The van der Waals surface area contributed by atoms with E-state index < -0.39 is 0 Å². The third-order valence-electron chi connectivity index (χ3n) is 5.29. The molecule has 2 rings (SSSR count). The number of urea groups is 1. The first-order valence-corrected chi connectivity index (χ1v) is 9.13. The topological polar surface area (TPSA) is 38.8 Å². The minimum absolute atomic E-state index is 0.132. The fraction of sp³-hybridized carbons (Fsp3) is 0.944. The van der Waals surface area contributed by atoms with E-state index in [1.165, 1.54) is 0 Å². The highest BCUT2D eigenvalue weighted by Crippen LogP contribution is 2.20. The Labute approximate surface area is 142 Å². The second kappa shape index (κ2) is 6.98. The Morgan fingerprint density at radius 1 is 0.783 bits per heavy atom. The van der Waals surface area contributed by atoms with E-state index in [0.717, 1.165) is 52.1 Å². The summed E-state index contributed by atoms with van der Waals surface area (Å²) in [5.41, 5.74) is 0.431. The summed E-state index contributed by atoms with van der Waals surface area (Å²) in [4.78, 5) is 19.4. The van der Waals surface area contributed by atoms with Crippen molar-refractivity contribution in [2.45, 2.75) is 71.5 Å². The maximum atomic E-state index is 12.5. The summed E-state index contributed by atoms with van der Waals surface area (Å²) in [6.07, 6.45) is 2.12. The number of amides is 2. The lowest BCUT2D eigenvalue weighted by molar-refractivity contribution is 0.0696. The van der Waals surface area contributed by atoms with Gasteiger partial charge in [-0.15, -0.1) is 0 Å². The van der Waals surface area contributed by atoms with Gasteiger partial charge < -0.3 is 10.2 Å². The van der Waals surface area contributed by atoms with Crippen LogP contribution in [0.2, 0.25) is 0 Å². The predicted octanol–water partition coefficient (Wildman–Crippen LogP) is 2.38. The molecule has 0 aliphatic carbocycles. The zero-order valence-electron chi connectivity index (χ0n) is 16.0. The minimum atomic E-state index is 0.132. The van der Waals surface area contributed by atoms with E-state index >= 15 is 0 Å². The van der Waals surface area contributed by atoms with Gasteiger partial charge in [-0.3, -0.25) is 9.80 Å². The number of carbonyl (C=O) groups excluding carboxylic acids is 1. The molecule has 0 aromatic heterocycles. The van der Waals surface area contributed by atoms with Crippen molar-refractivity contribution in [3.63, 3.8) is 0 Å². The molecule has 0 aromatic carbocycles. The van der Waals surface area contributed by atoms with Crippen molar-refractivity contribution in [2.24, 2.45) is 0 Å². The molecule has 0 spiro atoms. The number of nitrogens with one attached hydrogen (secondary N) is 1. The van der Waals surface area contributed by atoms with Crippen LogP contribution in [0.1, 0.15) is 54.4 Å². The van der Waals surface area contributed by atoms with Crippen molar-refractivity contribution in [3.8, 4) is 0 Å². The molecule has 5 nitrogen and oxygen atoms in total. The number of piperazine rings is 1. The molecule has 2 amide bonds. The first-order valence-electron chi connectivity index (χ1n) is 9.13. The van der Waals surface area contributed by atoms with E-state index in [0.29, 0.717) is 6.04 Å². The third kappa shape index (κ3) is 5.08. The van der Waals surface area contributed by atoms with E-state index in [1.54, 1.807) is 0 Å². The number of nitrogens with zero attached hydrogens (tertiary/aromatic N) is 3. The molecule has 5 heteroatoms. The van der Waals surface area contributed by atoms with Gasteiger partial charge >= 0.3 is 6.03 Å². The fourth-order valence-corrected chi connectivity index (χ4v) is 3.54. The molecular weight excluding hydrogens is 288 g/mol. The van der Waals surface area contributed by atoms with Gasteiger partial charge in [0.1, 0.15) is 0 Å². The molecule has 134 valence electrons. The average molecular weight is 325 g/mol. The highest BCUT2D eigenvalue weighted by molar-refractivity contribution is 5.74. The highest BCUT2D eigenvalue weighted by Gasteiger charge is 2.30. The number of piperidine rings is 1. The van der Waals surface area contributed by atoms with Crippen molar-refractivity contribution in [1.29, 1.82) is 0 Å². The number of rotatable bonds is 1. The molecule has 2 saturated heterocycles. The van der Waals surface area contributed by atoms with Gasteiger partial charge in [0.2, 0.25) is 0 Å². The van der Waals surface area contributed by atoms with Crippen LogP contribution in [0.15, 0.2) is 0 Å². The van der Waals surface area contributed by atoms with E-state index in [2.05, 4.69) is 56.7 Å². The Bertz CT molecular complexity index is 394. The van der Waals surface area contributed by atoms with Crippen molar-refractivity contribution in [3.05, 3.63) is 0 Å². The quantitative estimate of drug-likeness (QED) is 0.805. The summed E-state index contributed by atoms with van der Waals surface area (Å²) >= 11 is 0. The molecule has 0 aromatic rings. The van der Waals surface area contributed by atoms with E-state index in [4.69, 9.17) is 0 Å². The predicted molar refractivity (Wildman–Crippen MR) is 95.8 cm³/mol. The van der Waals surface area contributed by atoms with E-state index in [1.807, 2.05) is 4.90 Å². The first kappa shape index (κ1) is 18.5. The van der Waals surface area contributed by atoms with Gasteiger partial charge in [-0.05, 0) is 54.4 Å². The summed E-state index contributed by atoms with van der Waals surface area (Å²) in [7, 11) is 0. The van der Waals surface area contributed by atoms with Gasteiger partial charge in [-0.2, -0.15) is 0 Å². The second-order valence-electron chi connectivity index (χ2n) is 9.03. The van der Waals surface area contributed by atoms with Crippen LogP contribution in [0.25, 0.3) is 0 Å². The normalized spacial score (nSPS) is 23.1. The van der Waals surface area contributed by atoms with Crippen molar-refractivity contribution < 1.29 is 4.79 Å². The molecule has 0 saturated carbocycles. The van der Waals surface area contributed by atoms with Crippen LogP contribution >= 0.6 is 0 Å². The van der Waals surface area contributed by atoms with Crippen LogP contribution < -0.4 is 5.32 Å². The molecule has 0 bridgehead atoms. The molecule has 2 aliphatic rings. The number of likely N-dealkylation sites (tertiary alicyclic amines) is 1. The lowest BCUT2D eigenvalue weighted by Crippen LogP contribution is -2.58. The zero-order chi connectivity index (χ0) is 17.3. The van der Waals surface area contributed by atoms with Gasteiger partial charge in [-0.1, -0.05) is 0 Å². The monoisotopic (exact) mass is 324 g/mol. The number of carbonyl (C=O) groups is 1. The van der Waals surface area contributed by atoms with Crippen LogP contribution in [-0.4, -0.2) is 77.1 Å². The Morgan fingerprint density at radius 2 is 1.22 bits per heavy atom. The Kier molecular flexibility index (Phi) is 5.62. The van der Waals surface area contributed by atoms with Gasteiger partial charge in [0.15, 0.2) is 0 Å². The van der Waals surface area contributed by atoms with Crippen LogP contribution in [0, 0.1) is 0 Å². The molecule has 0 unspecified atom stereocenters. The van der Waals surface area contributed by atoms with Gasteiger partial charge in [0, 0.05) is 56.4 Å². The van der Waals surface area contributed by atoms with Crippen LogP contribution in [0.5, 0.6) is 0 Å². The van der Waals surface area contributed by atoms with Crippen LogP contribution in [0.4, 0.5) is 4.79 Å². The zero-order valence-corrected chi connectivity index (χ0v) is 16.0. The van der Waals surface area contributed by atoms with Gasteiger partial charge in [-0.25, -0.2) is 4.79 Å². The SMILES string of the molecule is CC(C)(C)N1CCC(NC(=O)N2CCN(C(C)(C)C)CC2)CC1. The van der Waals surface area contributed by atoms with Crippen LogP contribution in [-0.2, 0) is 0 Å². The molecule has 2 fully saturated rings. The third-order valence-corrected chi connectivity index (χ3v) is 5.29. The first-order chi connectivity index (χ1) is 10.6. The smallest absolute Gasteiger partial charge is 0.317 e. The standard InChI is InChI=1S/C18H36N4O/c1-17(2,3)21-9-7-15(8-10-21)19-16(23)20-11-13-22(14-12-20)18(4,5)6/h15H,7-14H2,1-6H3,(H,19,23). The summed E-state index contributed by atoms with van der Waals surface area (Å²) < 4.78 is 0. The van der Waals surface area contributed by atoms with Crippen molar-refractivity contribution in [1.82, 2.24) is 20.0 Å². The van der Waals surface area contributed by atoms with Crippen molar-refractivity contribution >= 4 is 6.03 Å². The minimum Gasteiger partial charge on any atom is -0.335 e. The lowest BCUT2D eigenvalue weighted by Gasteiger charge is -2.43. The maximum absolute atomic E-state index is 12.5. The maximum Gasteiger partial charge on any atom is 0.317 e. The highest BCUT2D eigenvalue weighted by atomic mass is 16.2. The molecule has 23 heavy (non-hydrogen) atoms. The molecule has 2 aliphatic heterocycles. The average Bonchev–Trinajstić information content (AvgIpc) is 2.46. The molecule has 0 atom stereocenters. The fourth-order valence-electron chi connectivity index (χ4n) is 3.54. The van der Waals surface area contributed by atoms with Crippen LogP contribution in [0.3, 0.4) is 0 Å².